The van der Waals surface area contributed by atoms with Crippen molar-refractivity contribution in [3.63, 3.8) is 0 Å². The first-order chi connectivity index (χ1) is 19.2. The number of halogens is 3. The average molecular weight is 571 g/mol. The van der Waals surface area contributed by atoms with Gasteiger partial charge in [-0.25, -0.2) is 18.3 Å². The molecule has 1 amide bonds. The Kier molecular flexibility index (Phi) is 6.91. The molecule has 1 N–H and O–H groups in total. The molecule has 1 atom stereocenters. The van der Waals surface area contributed by atoms with E-state index in [9.17, 15) is 23.5 Å². The highest BCUT2D eigenvalue weighted by atomic mass is 35.5. The predicted octanol–water partition coefficient (Wildman–Crippen LogP) is 2.96. The second-order valence-electron chi connectivity index (χ2n) is 10.5. The van der Waals surface area contributed by atoms with Gasteiger partial charge in [-0.2, -0.15) is 10.2 Å². The number of aromatic nitrogens is 6. The molecule has 13 heteroatoms. The van der Waals surface area contributed by atoms with Crippen molar-refractivity contribution < 1.29 is 18.7 Å². The number of carbonyl (C=O) groups is 1. The van der Waals surface area contributed by atoms with Crippen LogP contribution < -0.4 is 5.56 Å². The molecule has 10 nitrogen and oxygen atoms in total. The minimum atomic E-state index is -2.81. The van der Waals surface area contributed by atoms with Crippen molar-refractivity contribution in [1.82, 2.24) is 33.8 Å². The number of likely N-dealkylation sites (tertiary alicyclic amines) is 1. The molecule has 0 spiro atoms. The maximum absolute atomic E-state index is 13.6. The summed E-state index contributed by atoms with van der Waals surface area (Å²) in [4.78, 5) is 31.8. The molecule has 209 valence electrons. The van der Waals surface area contributed by atoms with Crippen molar-refractivity contribution in [1.29, 1.82) is 0 Å². The van der Waals surface area contributed by atoms with Crippen molar-refractivity contribution in [2.45, 2.75) is 56.7 Å². The number of imidazole rings is 1. The van der Waals surface area contributed by atoms with Crippen LogP contribution in [0.25, 0.3) is 16.9 Å². The number of piperidine rings is 1. The summed E-state index contributed by atoms with van der Waals surface area (Å²) in [6.45, 7) is 0.303. The van der Waals surface area contributed by atoms with Gasteiger partial charge >= 0.3 is 0 Å². The number of carbonyl (C=O) groups excluding carboxylic acids is 1. The van der Waals surface area contributed by atoms with E-state index < -0.39 is 30.4 Å². The molecule has 4 aromatic rings. The summed E-state index contributed by atoms with van der Waals surface area (Å²) in [5.74, 6) is -0.464. The van der Waals surface area contributed by atoms with Crippen molar-refractivity contribution in [3.05, 3.63) is 76.0 Å². The van der Waals surface area contributed by atoms with Crippen LogP contribution in [0.4, 0.5) is 8.78 Å². The van der Waals surface area contributed by atoms with E-state index in [4.69, 9.17) is 11.6 Å². The Bertz CT molecular complexity index is 1620. The highest BCUT2D eigenvalue weighted by molar-refractivity contribution is 6.29. The molecule has 2 aliphatic rings. The molecule has 1 saturated heterocycles. The molecule has 1 radical (unpaired) electrons. The van der Waals surface area contributed by atoms with Crippen LogP contribution in [0.5, 0.6) is 0 Å². The predicted molar refractivity (Wildman–Crippen MR) is 142 cm³/mol. The summed E-state index contributed by atoms with van der Waals surface area (Å²) in [5, 5.41) is 19.6. The van der Waals surface area contributed by atoms with Crippen LogP contribution in [0.15, 0.2) is 47.8 Å². The van der Waals surface area contributed by atoms with Gasteiger partial charge in [-0.15, -0.1) is 0 Å². The lowest BCUT2D eigenvalue weighted by Gasteiger charge is -2.38. The first-order valence-corrected chi connectivity index (χ1v) is 13.4. The van der Waals surface area contributed by atoms with E-state index in [0.717, 1.165) is 23.1 Å². The number of rotatable bonds is 7. The number of benzene rings is 1. The smallest absolute Gasteiger partial charge is 0.296 e. The van der Waals surface area contributed by atoms with Crippen molar-refractivity contribution in [2.75, 3.05) is 13.1 Å². The maximum Gasteiger partial charge on any atom is 0.296 e. The number of nitrogens with zero attached hydrogens (tertiary/aromatic N) is 7. The fourth-order valence-corrected chi connectivity index (χ4v) is 5.67. The summed E-state index contributed by atoms with van der Waals surface area (Å²) < 4.78 is 31.1. The van der Waals surface area contributed by atoms with Crippen LogP contribution in [-0.4, -0.2) is 70.0 Å². The Morgan fingerprint density at radius 1 is 1.15 bits per heavy atom. The van der Waals surface area contributed by atoms with Crippen LogP contribution in [-0.2, 0) is 24.2 Å². The highest BCUT2D eigenvalue weighted by Crippen LogP contribution is 2.29. The van der Waals surface area contributed by atoms with E-state index >= 15 is 0 Å². The third-order valence-corrected chi connectivity index (χ3v) is 8.03. The summed E-state index contributed by atoms with van der Waals surface area (Å²) in [7, 11) is 0. The molecule has 6 rings (SSSR count). The zero-order valence-electron chi connectivity index (χ0n) is 21.5. The van der Waals surface area contributed by atoms with Gasteiger partial charge in [0.2, 0.25) is 11.6 Å². The van der Waals surface area contributed by atoms with Gasteiger partial charge in [-0.1, -0.05) is 23.7 Å². The van der Waals surface area contributed by atoms with Gasteiger partial charge < -0.3 is 10.0 Å². The summed E-state index contributed by atoms with van der Waals surface area (Å²) in [6.07, 6.45) is 5.52. The van der Waals surface area contributed by atoms with Crippen LogP contribution in [0, 0.1) is 6.42 Å². The van der Waals surface area contributed by atoms with Crippen LogP contribution in [0.2, 0.25) is 5.15 Å². The average Bonchev–Trinajstić information content (AvgIpc) is 3.68. The zero-order valence-corrected chi connectivity index (χ0v) is 22.2. The van der Waals surface area contributed by atoms with Crippen LogP contribution in [0.1, 0.15) is 36.4 Å². The molecule has 1 aliphatic heterocycles. The molecule has 1 aromatic carbocycles. The molecule has 1 unspecified atom stereocenters. The molecule has 0 bridgehead atoms. The topological polar surface area (TPSA) is 111 Å². The fourth-order valence-electron chi connectivity index (χ4n) is 5.52. The third kappa shape index (κ3) is 5.01. The van der Waals surface area contributed by atoms with E-state index in [1.807, 2.05) is 6.07 Å². The second kappa shape index (κ2) is 10.4. The summed E-state index contributed by atoms with van der Waals surface area (Å²) in [5.41, 5.74) is 2.67. The normalized spacial score (nSPS) is 17.5. The molecule has 40 heavy (non-hydrogen) atoms. The third-order valence-electron chi connectivity index (χ3n) is 7.83. The van der Waals surface area contributed by atoms with E-state index in [-0.39, 0.29) is 48.8 Å². The summed E-state index contributed by atoms with van der Waals surface area (Å²) in [6, 6.07) is 6.13. The number of fused-ring (bicyclic) bond motifs is 2. The summed E-state index contributed by atoms with van der Waals surface area (Å²) >= 11 is 5.75. The highest BCUT2D eigenvalue weighted by Gasteiger charge is 2.36. The van der Waals surface area contributed by atoms with Gasteiger partial charge in [0, 0.05) is 24.8 Å². The van der Waals surface area contributed by atoms with Crippen molar-refractivity contribution >= 4 is 23.2 Å². The quantitative estimate of drug-likeness (QED) is 0.366. The van der Waals surface area contributed by atoms with Gasteiger partial charge in [0.15, 0.2) is 5.15 Å². The van der Waals surface area contributed by atoms with Crippen molar-refractivity contribution in [3.8, 4) is 11.3 Å². The Morgan fingerprint density at radius 3 is 2.65 bits per heavy atom. The number of amides is 1. The lowest BCUT2D eigenvalue weighted by Crippen LogP contribution is -2.50. The van der Waals surface area contributed by atoms with Gasteiger partial charge in [0.05, 0.1) is 30.5 Å². The molecule has 4 heterocycles. The lowest BCUT2D eigenvalue weighted by molar-refractivity contribution is -0.138. The van der Waals surface area contributed by atoms with E-state index in [2.05, 4.69) is 33.7 Å². The number of hydrogen-bond donors (Lipinski definition) is 1. The number of aliphatic hydroxyl groups is 1. The Morgan fingerprint density at radius 2 is 1.93 bits per heavy atom. The van der Waals surface area contributed by atoms with Gasteiger partial charge in [0.25, 0.3) is 12.0 Å². The molecule has 1 fully saturated rings. The Hall–Kier alpha value is -3.64. The molecule has 0 saturated carbocycles. The fraction of sp³-hybridized carbons (Fsp3) is 0.407. The standard InChI is InChI=1S/C27H27ClF2N7O3/c28-22-6-9-36(33-22)20(24(29)30)13-23(38)34-10-7-27(40,8-11-34)15-35-16-32-37-21(14-31-25(37)26(35)39)19-5-4-17-2-1-3-18(17)12-19/h1,4-6,9,12,14,16,20,24,40H,2-3,7-8,10-11,13,15H2. The SMILES string of the molecule is O=C(CC(C(F)F)n1ccc(Cl)n1)N1CCC(O)(Cn2cnn3c(-c4ccc5c(c4)C[CH]C5)cnc3c2=O)CC1. The van der Waals surface area contributed by atoms with E-state index in [1.54, 1.807) is 6.20 Å². The molecular formula is C27H27ClF2N7O3. The van der Waals surface area contributed by atoms with Gasteiger partial charge in [-0.3, -0.25) is 18.8 Å². The molecule has 3 aromatic heterocycles. The maximum atomic E-state index is 13.6. The molecule has 1 aliphatic carbocycles. The van der Waals surface area contributed by atoms with Crippen LogP contribution in [0.3, 0.4) is 0 Å². The van der Waals surface area contributed by atoms with Crippen LogP contribution >= 0.6 is 11.6 Å². The van der Waals surface area contributed by atoms with Gasteiger partial charge in [-0.05, 0) is 55.4 Å². The minimum Gasteiger partial charge on any atom is -0.388 e. The van der Waals surface area contributed by atoms with Gasteiger partial charge in [0.1, 0.15) is 12.4 Å². The Labute approximate surface area is 232 Å². The zero-order chi connectivity index (χ0) is 28.0. The van der Waals surface area contributed by atoms with Crippen molar-refractivity contribution in [2.24, 2.45) is 0 Å². The first-order valence-electron chi connectivity index (χ1n) is 13.1. The largest absolute Gasteiger partial charge is 0.388 e. The molecular weight excluding hydrogens is 544 g/mol. The first kappa shape index (κ1) is 26.6. The Balaban J connectivity index is 1.13. The lowest BCUT2D eigenvalue weighted by atomic mass is 9.91. The van der Waals surface area contributed by atoms with E-state index in [0.29, 0.717) is 5.69 Å². The minimum absolute atomic E-state index is 0.0281. The monoisotopic (exact) mass is 570 g/mol. The number of alkyl halides is 2. The number of hydrogen-bond acceptors (Lipinski definition) is 6. The second-order valence-corrected chi connectivity index (χ2v) is 10.8. The van der Waals surface area contributed by atoms with E-state index in [1.165, 1.54) is 43.7 Å².